The molecular formula is C33H29BrN6O4S. The zero-order valence-electron chi connectivity index (χ0n) is 24.5. The predicted molar refractivity (Wildman–Crippen MR) is 175 cm³/mol. The van der Waals surface area contributed by atoms with Crippen LogP contribution in [-0.4, -0.2) is 50.2 Å². The predicted octanol–water partition coefficient (Wildman–Crippen LogP) is 6.34. The number of amides is 2. The molecule has 5 aromatic rings. The van der Waals surface area contributed by atoms with Crippen LogP contribution in [0.4, 0.5) is 0 Å². The summed E-state index contributed by atoms with van der Waals surface area (Å²) in [7, 11) is 1.58. The van der Waals surface area contributed by atoms with Crippen molar-refractivity contribution < 1.29 is 18.7 Å². The number of carbonyl (C=O) groups is 2. The van der Waals surface area contributed by atoms with Crippen LogP contribution >= 0.6 is 27.7 Å². The number of hydrogen-bond donors (Lipinski definition) is 1. The number of nitrogens with one attached hydrogen (secondary N) is 1. The molecule has 10 nitrogen and oxygen atoms in total. The topological polar surface area (TPSA) is 115 Å². The molecule has 2 amide bonds. The van der Waals surface area contributed by atoms with Crippen molar-refractivity contribution in [1.82, 2.24) is 25.1 Å². The van der Waals surface area contributed by atoms with Crippen molar-refractivity contribution in [2.45, 2.75) is 31.1 Å². The van der Waals surface area contributed by atoms with Gasteiger partial charge in [-0.2, -0.15) is 5.10 Å². The van der Waals surface area contributed by atoms with E-state index in [0.717, 1.165) is 26.9 Å². The normalized spacial score (nSPS) is 14.3. The van der Waals surface area contributed by atoms with Crippen LogP contribution in [0.25, 0.3) is 5.69 Å². The van der Waals surface area contributed by atoms with Crippen LogP contribution in [0.5, 0.6) is 5.75 Å². The second-order valence-electron chi connectivity index (χ2n) is 10.3. The van der Waals surface area contributed by atoms with E-state index in [4.69, 9.17) is 14.3 Å². The third-order valence-corrected chi connectivity index (χ3v) is 8.75. The number of rotatable bonds is 10. The second kappa shape index (κ2) is 13.5. The maximum absolute atomic E-state index is 13.9. The number of para-hydroxylation sites is 2. The van der Waals surface area contributed by atoms with E-state index in [1.807, 2.05) is 67.6 Å². The Morgan fingerprint density at radius 2 is 1.80 bits per heavy atom. The first-order chi connectivity index (χ1) is 21.9. The van der Waals surface area contributed by atoms with Gasteiger partial charge < -0.3 is 14.5 Å². The van der Waals surface area contributed by atoms with Crippen LogP contribution in [0.2, 0.25) is 0 Å². The van der Waals surface area contributed by atoms with Gasteiger partial charge in [0.2, 0.25) is 0 Å². The van der Waals surface area contributed by atoms with Crippen molar-refractivity contribution in [2.75, 3.05) is 12.9 Å². The Labute approximate surface area is 272 Å². The number of thioether (sulfide) groups is 1. The highest BCUT2D eigenvalue weighted by Crippen LogP contribution is 2.35. The molecule has 1 N–H and O–H groups in total. The molecule has 0 fully saturated rings. The minimum atomic E-state index is -0.380. The molecule has 0 unspecified atom stereocenters. The summed E-state index contributed by atoms with van der Waals surface area (Å²) in [5.74, 6) is 0.756. The van der Waals surface area contributed by atoms with E-state index in [1.165, 1.54) is 18.0 Å². The van der Waals surface area contributed by atoms with E-state index < -0.39 is 0 Å². The van der Waals surface area contributed by atoms with Crippen molar-refractivity contribution >= 4 is 45.2 Å². The average Bonchev–Trinajstić information content (AvgIpc) is 3.84. The Morgan fingerprint density at radius 3 is 2.53 bits per heavy atom. The number of benzene rings is 3. The van der Waals surface area contributed by atoms with Gasteiger partial charge in [0.1, 0.15) is 5.75 Å². The van der Waals surface area contributed by atoms with Crippen LogP contribution in [0, 0.1) is 6.92 Å². The number of nitrogens with zero attached hydrogens (tertiary/aromatic N) is 5. The molecule has 0 aliphatic carbocycles. The van der Waals surface area contributed by atoms with E-state index >= 15 is 0 Å². The number of furan rings is 1. The number of carbonyl (C=O) groups excluding carboxylic acids is 2. The van der Waals surface area contributed by atoms with Gasteiger partial charge in [-0.15, -0.1) is 10.2 Å². The van der Waals surface area contributed by atoms with Gasteiger partial charge in [-0.25, -0.2) is 5.01 Å². The van der Waals surface area contributed by atoms with Crippen LogP contribution in [-0.2, 0) is 11.3 Å². The summed E-state index contributed by atoms with van der Waals surface area (Å²) in [5.41, 5.74) is 4.65. The number of aryl methyl sites for hydroxylation is 1. The average molecular weight is 686 g/mol. The quantitative estimate of drug-likeness (QED) is 0.171. The molecule has 12 heteroatoms. The third-order valence-electron chi connectivity index (χ3n) is 7.31. The lowest BCUT2D eigenvalue weighted by atomic mass is 9.98. The van der Waals surface area contributed by atoms with Gasteiger partial charge in [-0.05, 0) is 54.4 Å². The highest BCUT2D eigenvalue weighted by atomic mass is 79.9. The van der Waals surface area contributed by atoms with Gasteiger partial charge in [0.15, 0.2) is 16.7 Å². The first kappa shape index (κ1) is 30.4. The van der Waals surface area contributed by atoms with Crippen molar-refractivity contribution in [2.24, 2.45) is 5.10 Å². The van der Waals surface area contributed by atoms with Gasteiger partial charge in [-0.3, -0.25) is 14.2 Å². The molecule has 0 spiro atoms. The van der Waals surface area contributed by atoms with Crippen molar-refractivity contribution in [1.29, 1.82) is 0 Å². The standard InChI is InChI=1S/C33H29BrN6O4S/c1-21-9-11-23(12-10-21)27-18-25(22-13-15-24(34)16-14-22)38-40(27)31(41)20-45-33-37-36-30(19-35-32(42)29-8-5-17-44-29)39(33)26-6-3-4-7-28(26)43-2/h3-17,27H,18-20H2,1-2H3,(H,35,42)/t27-/m1/s1. The van der Waals surface area contributed by atoms with Gasteiger partial charge in [-0.1, -0.05) is 81.8 Å². The molecule has 228 valence electrons. The number of hydrazone groups is 1. The van der Waals surface area contributed by atoms with E-state index in [2.05, 4.69) is 43.6 Å². The van der Waals surface area contributed by atoms with E-state index in [1.54, 1.807) is 28.8 Å². The van der Waals surface area contributed by atoms with Crippen molar-refractivity contribution in [3.63, 3.8) is 0 Å². The summed E-state index contributed by atoms with van der Waals surface area (Å²) in [4.78, 5) is 26.4. The zero-order chi connectivity index (χ0) is 31.3. The molecule has 0 saturated carbocycles. The molecule has 2 aromatic heterocycles. The lowest BCUT2D eigenvalue weighted by Gasteiger charge is -2.22. The van der Waals surface area contributed by atoms with Gasteiger partial charge in [0, 0.05) is 10.9 Å². The lowest BCUT2D eigenvalue weighted by molar-refractivity contribution is -0.130. The Balaban J connectivity index is 1.27. The number of hydrogen-bond acceptors (Lipinski definition) is 8. The van der Waals surface area contributed by atoms with Crippen LogP contribution in [0.1, 0.15) is 45.5 Å². The third kappa shape index (κ3) is 6.71. The Hall–Kier alpha value is -4.68. The fourth-order valence-electron chi connectivity index (χ4n) is 5.02. The molecule has 6 rings (SSSR count). The fourth-order valence-corrected chi connectivity index (χ4v) is 6.10. The smallest absolute Gasteiger partial charge is 0.287 e. The number of aromatic nitrogens is 3. The molecule has 1 aliphatic heterocycles. The monoisotopic (exact) mass is 684 g/mol. The highest BCUT2D eigenvalue weighted by molar-refractivity contribution is 9.10. The molecule has 3 heterocycles. The molecule has 1 aliphatic rings. The number of halogens is 1. The molecule has 45 heavy (non-hydrogen) atoms. The first-order valence-corrected chi connectivity index (χ1v) is 15.9. The zero-order valence-corrected chi connectivity index (χ0v) is 26.9. The van der Waals surface area contributed by atoms with Gasteiger partial charge in [0.05, 0.1) is 43.1 Å². The van der Waals surface area contributed by atoms with Crippen molar-refractivity contribution in [3.8, 4) is 11.4 Å². The summed E-state index contributed by atoms with van der Waals surface area (Å²) in [5, 5.41) is 18.5. The second-order valence-corrected chi connectivity index (χ2v) is 12.1. The number of methoxy groups -OCH3 is 1. The maximum Gasteiger partial charge on any atom is 0.287 e. The summed E-state index contributed by atoms with van der Waals surface area (Å²) in [6.45, 7) is 2.11. The van der Waals surface area contributed by atoms with E-state index in [-0.39, 0.29) is 35.9 Å². The summed E-state index contributed by atoms with van der Waals surface area (Å²) < 4.78 is 13.6. The molecule has 0 saturated heterocycles. The summed E-state index contributed by atoms with van der Waals surface area (Å²) in [6, 6.07) is 26.6. The van der Waals surface area contributed by atoms with E-state index in [9.17, 15) is 9.59 Å². The fraction of sp³-hybridized carbons (Fsp3) is 0.182. The van der Waals surface area contributed by atoms with Crippen LogP contribution < -0.4 is 10.1 Å². The minimum absolute atomic E-state index is 0.0610. The van der Waals surface area contributed by atoms with Crippen molar-refractivity contribution in [3.05, 3.63) is 124 Å². The maximum atomic E-state index is 13.9. The van der Waals surface area contributed by atoms with Crippen LogP contribution in [0.3, 0.4) is 0 Å². The highest BCUT2D eigenvalue weighted by Gasteiger charge is 2.33. The van der Waals surface area contributed by atoms with Gasteiger partial charge in [0.25, 0.3) is 11.8 Å². The Morgan fingerprint density at radius 1 is 1.02 bits per heavy atom. The summed E-state index contributed by atoms with van der Waals surface area (Å²) in [6.07, 6.45) is 2.03. The molecule has 0 bridgehead atoms. The lowest BCUT2D eigenvalue weighted by Crippen LogP contribution is -2.28. The largest absolute Gasteiger partial charge is 0.495 e. The molecule has 0 radical (unpaired) electrons. The Kier molecular flexibility index (Phi) is 9.13. The molecule has 3 aromatic carbocycles. The SMILES string of the molecule is COc1ccccc1-n1c(CNC(=O)c2ccco2)nnc1SCC(=O)N1N=C(c2ccc(Br)cc2)C[C@@H]1c1ccc(C)cc1. The molecular weight excluding hydrogens is 656 g/mol. The van der Waals surface area contributed by atoms with Crippen LogP contribution in [0.15, 0.2) is 110 Å². The van der Waals surface area contributed by atoms with Gasteiger partial charge >= 0.3 is 0 Å². The Bertz CT molecular complexity index is 1840. The minimum Gasteiger partial charge on any atom is -0.495 e. The first-order valence-electron chi connectivity index (χ1n) is 14.2. The number of ether oxygens (including phenoxy) is 1. The molecule has 1 atom stereocenters. The van der Waals surface area contributed by atoms with E-state index in [0.29, 0.717) is 28.8 Å². The summed E-state index contributed by atoms with van der Waals surface area (Å²) >= 11 is 4.74.